The Balaban J connectivity index is 1.25. The van der Waals surface area contributed by atoms with Gasteiger partial charge in [-0.1, -0.05) is 40.9 Å². The van der Waals surface area contributed by atoms with Crippen molar-refractivity contribution in [1.82, 2.24) is 0 Å². The van der Waals surface area contributed by atoms with Crippen LogP contribution in [0, 0.1) is 23.7 Å². The van der Waals surface area contributed by atoms with Crippen LogP contribution in [0.25, 0.3) is 0 Å². The summed E-state index contributed by atoms with van der Waals surface area (Å²) in [4.78, 5) is 52.1. The summed E-state index contributed by atoms with van der Waals surface area (Å²) in [5, 5.41) is 3.19. The van der Waals surface area contributed by atoms with Gasteiger partial charge in [0.25, 0.3) is 5.91 Å². The number of nitrogens with one attached hydrogen (secondary N) is 1. The van der Waals surface area contributed by atoms with E-state index in [1.165, 1.54) is 34.7 Å². The van der Waals surface area contributed by atoms with Gasteiger partial charge in [-0.2, -0.15) is 0 Å². The molecule has 2 aromatic carbocycles. The lowest BCUT2D eigenvalue weighted by Gasteiger charge is -2.19. The van der Waals surface area contributed by atoms with E-state index in [1.807, 2.05) is 6.92 Å². The molecular weight excluding hydrogens is 479 g/mol. The molecule has 174 valence electrons. The highest BCUT2D eigenvalue weighted by molar-refractivity contribution is 6.42. The predicted octanol–water partition coefficient (Wildman–Crippen LogP) is 4.49. The summed E-state index contributed by atoms with van der Waals surface area (Å²) in [6.07, 6.45) is 2.96. The standard InChI is InChI=1S/C25H20Cl2N2O5/c1-12-7-14-9-17(12)22-21(14)23(31)29(24(22)32)16-4-2-3-13(8-16)25(33)34-11-20(30)28-15-5-6-18(26)19(27)10-15/h2-8,10,14,17,21-22H,9,11H2,1H3,(H,28,30)/t14-,17+,21+,22+/m0/s1. The van der Waals surface area contributed by atoms with Gasteiger partial charge in [0.05, 0.1) is 33.1 Å². The van der Waals surface area contributed by atoms with E-state index in [2.05, 4.69) is 11.4 Å². The summed E-state index contributed by atoms with van der Waals surface area (Å²) in [7, 11) is 0. The molecule has 2 bridgehead atoms. The quantitative estimate of drug-likeness (QED) is 0.372. The van der Waals surface area contributed by atoms with Crippen molar-refractivity contribution < 1.29 is 23.9 Å². The molecule has 34 heavy (non-hydrogen) atoms. The Labute approximate surface area is 205 Å². The van der Waals surface area contributed by atoms with Crippen molar-refractivity contribution >= 4 is 58.3 Å². The molecule has 2 fully saturated rings. The van der Waals surface area contributed by atoms with Crippen LogP contribution in [0.1, 0.15) is 23.7 Å². The van der Waals surface area contributed by atoms with Crippen molar-refractivity contribution in [2.24, 2.45) is 23.7 Å². The van der Waals surface area contributed by atoms with E-state index in [4.69, 9.17) is 27.9 Å². The first-order valence-corrected chi connectivity index (χ1v) is 11.6. The highest BCUT2D eigenvalue weighted by Gasteiger charge is 2.60. The molecule has 3 aliphatic rings. The Hall–Kier alpha value is -3.16. The Morgan fingerprint density at radius 2 is 1.82 bits per heavy atom. The molecule has 0 radical (unpaired) electrons. The fourth-order valence-corrected chi connectivity index (χ4v) is 5.58. The van der Waals surface area contributed by atoms with E-state index < -0.39 is 18.5 Å². The van der Waals surface area contributed by atoms with Crippen LogP contribution in [-0.4, -0.2) is 30.3 Å². The Morgan fingerprint density at radius 3 is 2.59 bits per heavy atom. The van der Waals surface area contributed by atoms with E-state index >= 15 is 0 Å². The van der Waals surface area contributed by atoms with Crippen molar-refractivity contribution in [3.8, 4) is 0 Å². The number of halogens is 2. The minimum atomic E-state index is -0.747. The van der Waals surface area contributed by atoms with Crippen molar-refractivity contribution in [2.45, 2.75) is 13.3 Å². The van der Waals surface area contributed by atoms with Crippen LogP contribution in [0.2, 0.25) is 10.0 Å². The number of hydrogen-bond donors (Lipinski definition) is 1. The summed E-state index contributed by atoms with van der Waals surface area (Å²) in [6, 6.07) is 10.7. The predicted molar refractivity (Wildman–Crippen MR) is 127 cm³/mol. The number of esters is 1. The molecule has 9 heteroatoms. The van der Waals surface area contributed by atoms with Crippen molar-refractivity contribution in [1.29, 1.82) is 0 Å². The van der Waals surface area contributed by atoms with Gasteiger partial charge in [0.1, 0.15) is 0 Å². The number of allylic oxidation sites excluding steroid dienone is 2. The molecule has 5 rings (SSSR count). The molecular formula is C25H20Cl2N2O5. The number of fused-ring (bicyclic) bond motifs is 5. The second-order valence-electron chi connectivity index (χ2n) is 8.78. The average Bonchev–Trinajstić information content (AvgIpc) is 3.45. The molecule has 4 atom stereocenters. The topological polar surface area (TPSA) is 92.8 Å². The van der Waals surface area contributed by atoms with Gasteiger partial charge in [-0.15, -0.1) is 0 Å². The maximum Gasteiger partial charge on any atom is 0.338 e. The third-order valence-corrected chi connectivity index (χ3v) is 7.50. The lowest BCUT2D eigenvalue weighted by Crippen LogP contribution is -2.33. The number of rotatable bonds is 5. The zero-order valence-electron chi connectivity index (χ0n) is 18.1. The minimum Gasteiger partial charge on any atom is -0.452 e. The van der Waals surface area contributed by atoms with Crippen LogP contribution < -0.4 is 10.2 Å². The van der Waals surface area contributed by atoms with Crippen LogP contribution in [0.4, 0.5) is 11.4 Å². The number of anilines is 2. The lowest BCUT2D eigenvalue weighted by atomic mass is 9.82. The first-order valence-electron chi connectivity index (χ1n) is 10.8. The van der Waals surface area contributed by atoms with Crippen LogP contribution >= 0.6 is 23.2 Å². The van der Waals surface area contributed by atoms with Crippen molar-refractivity contribution in [2.75, 3.05) is 16.8 Å². The van der Waals surface area contributed by atoms with E-state index in [1.54, 1.807) is 18.2 Å². The number of carbonyl (C=O) groups excluding carboxylic acids is 4. The van der Waals surface area contributed by atoms with Gasteiger partial charge in [0.2, 0.25) is 11.8 Å². The van der Waals surface area contributed by atoms with Crippen LogP contribution in [0.5, 0.6) is 0 Å². The number of carbonyl (C=O) groups is 4. The number of benzene rings is 2. The number of nitrogens with zero attached hydrogens (tertiary/aromatic N) is 1. The Bertz CT molecular complexity index is 1270. The largest absolute Gasteiger partial charge is 0.452 e. The SMILES string of the molecule is CC1=C[C@H]2C[C@H]1[C@H]1C(=O)N(c3cccc(C(=O)OCC(=O)Nc4ccc(Cl)c(Cl)c4)c3)C(=O)[C@@H]12. The van der Waals surface area contributed by atoms with Gasteiger partial charge >= 0.3 is 5.97 Å². The molecule has 1 N–H and O–H groups in total. The smallest absolute Gasteiger partial charge is 0.338 e. The van der Waals surface area contributed by atoms with E-state index in [0.717, 1.165) is 6.42 Å². The lowest BCUT2D eigenvalue weighted by molar-refractivity contribution is -0.123. The van der Waals surface area contributed by atoms with Gasteiger partial charge in [0.15, 0.2) is 6.61 Å². The monoisotopic (exact) mass is 498 g/mol. The molecule has 1 heterocycles. The van der Waals surface area contributed by atoms with Crippen molar-refractivity contribution in [3.05, 3.63) is 69.7 Å². The van der Waals surface area contributed by atoms with E-state index in [0.29, 0.717) is 16.4 Å². The normalized spacial score (nSPS) is 24.8. The second kappa shape index (κ2) is 8.56. The van der Waals surface area contributed by atoms with Crippen molar-refractivity contribution in [3.63, 3.8) is 0 Å². The maximum absolute atomic E-state index is 13.1. The molecule has 1 saturated heterocycles. The Kier molecular flexibility index (Phi) is 5.70. The second-order valence-corrected chi connectivity index (χ2v) is 9.60. The minimum absolute atomic E-state index is 0.0960. The molecule has 3 amide bonds. The molecule has 0 spiro atoms. The molecule has 1 aliphatic heterocycles. The molecule has 2 aliphatic carbocycles. The van der Waals surface area contributed by atoms with Gasteiger partial charge in [-0.3, -0.25) is 14.4 Å². The van der Waals surface area contributed by atoms with Gasteiger partial charge in [-0.05, 0) is 61.6 Å². The van der Waals surface area contributed by atoms with Crippen LogP contribution in [0.3, 0.4) is 0 Å². The molecule has 7 nitrogen and oxygen atoms in total. The fourth-order valence-electron chi connectivity index (χ4n) is 5.29. The molecule has 1 saturated carbocycles. The average molecular weight is 499 g/mol. The zero-order chi connectivity index (χ0) is 24.1. The van der Waals surface area contributed by atoms with Crippen LogP contribution in [0.15, 0.2) is 54.1 Å². The number of ether oxygens (including phenoxy) is 1. The number of imide groups is 1. The van der Waals surface area contributed by atoms with Gasteiger partial charge in [0, 0.05) is 5.69 Å². The van der Waals surface area contributed by atoms with E-state index in [-0.39, 0.29) is 46.1 Å². The maximum atomic E-state index is 13.1. The first-order chi connectivity index (χ1) is 16.2. The number of amides is 3. The first kappa shape index (κ1) is 22.6. The third kappa shape index (κ3) is 3.79. The number of hydrogen-bond acceptors (Lipinski definition) is 5. The van der Waals surface area contributed by atoms with Gasteiger partial charge in [-0.25, -0.2) is 9.69 Å². The van der Waals surface area contributed by atoms with Gasteiger partial charge < -0.3 is 10.1 Å². The van der Waals surface area contributed by atoms with E-state index in [9.17, 15) is 19.2 Å². The third-order valence-electron chi connectivity index (χ3n) is 6.76. The fraction of sp³-hybridized carbons (Fsp3) is 0.280. The highest BCUT2D eigenvalue weighted by atomic mass is 35.5. The molecule has 0 aromatic heterocycles. The summed E-state index contributed by atoms with van der Waals surface area (Å²) in [5.41, 5.74) is 2.05. The summed E-state index contributed by atoms with van der Waals surface area (Å²) >= 11 is 11.8. The summed E-state index contributed by atoms with van der Waals surface area (Å²) < 4.78 is 5.11. The Morgan fingerprint density at radius 1 is 1.06 bits per heavy atom. The highest BCUT2D eigenvalue weighted by Crippen LogP contribution is 2.55. The molecule has 2 aromatic rings. The summed E-state index contributed by atoms with van der Waals surface area (Å²) in [6.45, 7) is 1.49. The molecule has 0 unspecified atom stereocenters. The summed E-state index contributed by atoms with van der Waals surface area (Å²) in [5.74, 6) is -2.21. The van der Waals surface area contributed by atoms with Crippen LogP contribution in [-0.2, 0) is 19.1 Å². The zero-order valence-corrected chi connectivity index (χ0v) is 19.6.